The van der Waals surface area contributed by atoms with Gasteiger partial charge >= 0.3 is 6.02 Å². The van der Waals surface area contributed by atoms with Crippen LogP contribution in [-0.4, -0.2) is 12.6 Å². The Bertz CT molecular complexity index is 661. The third-order valence-electron chi connectivity index (χ3n) is 2.95. The lowest BCUT2D eigenvalue weighted by Crippen LogP contribution is -2.23. The number of ether oxygens (including phenoxy) is 2. The minimum Gasteiger partial charge on any atom is -0.494 e. The molecular weight excluding hydrogens is 290 g/mol. The van der Waals surface area contributed by atoms with E-state index in [0.717, 1.165) is 18.6 Å². The van der Waals surface area contributed by atoms with Crippen molar-refractivity contribution in [3.05, 3.63) is 54.6 Å². The molecule has 0 unspecified atom stereocenters. The van der Waals surface area contributed by atoms with Crippen molar-refractivity contribution in [3.63, 3.8) is 0 Å². The van der Waals surface area contributed by atoms with Crippen molar-refractivity contribution < 1.29 is 9.47 Å². The van der Waals surface area contributed by atoms with Gasteiger partial charge in [-0.15, -0.1) is 0 Å². The lowest BCUT2D eigenvalue weighted by atomic mass is 10.3. The fraction of sp³-hybridized carbons (Fsp3) is 0.222. The summed E-state index contributed by atoms with van der Waals surface area (Å²) in [5.74, 6) is 1.41. The van der Waals surface area contributed by atoms with Crippen LogP contribution in [0.4, 0.5) is 5.69 Å². The third-order valence-corrected chi connectivity index (χ3v) is 2.95. The SMILES string of the molecule is CCCCOc1ccc(N=C(NC#N)Oc2ccccc2)cc1. The van der Waals surface area contributed by atoms with Gasteiger partial charge in [-0.1, -0.05) is 31.5 Å². The predicted molar refractivity (Wildman–Crippen MR) is 89.8 cm³/mol. The van der Waals surface area contributed by atoms with Crippen LogP contribution in [0.2, 0.25) is 0 Å². The molecule has 0 saturated carbocycles. The van der Waals surface area contributed by atoms with Crippen LogP contribution in [0.15, 0.2) is 59.6 Å². The lowest BCUT2D eigenvalue weighted by Gasteiger charge is -2.07. The van der Waals surface area contributed by atoms with Crippen molar-refractivity contribution >= 4 is 11.7 Å². The topological polar surface area (TPSA) is 66.6 Å². The molecule has 2 aromatic rings. The van der Waals surface area contributed by atoms with Crippen LogP contribution in [0.3, 0.4) is 0 Å². The number of benzene rings is 2. The summed E-state index contributed by atoms with van der Waals surface area (Å²) in [6.45, 7) is 2.83. The molecule has 23 heavy (non-hydrogen) atoms. The van der Waals surface area contributed by atoms with E-state index >= 15 is 0 Å². The zero-order valence-electron chi connectivity index (χ0n) is 13.0. The minimum absolute atomic E-state index is 0.123. The molecule has 2 aromatic carbocycles. The first-order chi connectivity index (χ1) is 11.3. The van der Waals surface area contributed by atoms with E-state index in [1.165, 1.54) is 0 Å². The summed E-state index contributed by atoms with van der Waals surface area (Å²) < 4.78 is 11.2. The molecule has 0 fully saturated rings. The van der Waals surface area contributed by atoms with Gasteiger partial charge in [-0.3, -0.25) is 0 Å². The van der Waals surface area contributed by atoms with Gasteiger partial charge < -0.3 is 9.47 Å². The second kappa shape index (κ2) is 9.11. The molecule has 1 N–H and O–H groups in total. The van der Waals surface area contributed by atoms with Gasteiger partial charge in [0.05, 0.1) is 12.3 Å². The number of amidine groups is 1. The maximum Gasteiger partial charge on any atom is 0.309 e. The predicted octanol–water partition coefficient (Wildman–Crippen LogP) is 4.00. The largest absolute Gasteiger partial charge is 0.494 e. The number of nitrogens with zero attached hydrogens (tertiary/aromatic N) is 2. The fourth-order valence-electron chi connectivity index (χ4n) is 1.79. The van der Waals surface area contributed by atoms with E-state index in [4.69, 9.17) is 14.7 Å². The first kappa shape index (κ1) is 16.4. The summed E-state index contributed by atoms with van der Waals surface area (Å²) in [5.41, 5.74) is 0.668. The Labute approximate surface area is 136 Å². The maximum atomic E-state index is 8.82. The van der Waals surface area contributed by atoms with E-state index in [2.05, 4.69) is 17.2 Å². The summed E-state index contributed by atoms with van der Waals surface area (Å²) in [6, 6.07) is 16.6. The van der Waals surface area contributed by atoms with E-state index in [9.17, 15) is 0 Å². The highest BCUT2D eigenvalue weighted by Gasteiger charge is 2.03. The third kappa shape index (κ3) is 5.71. The van der Waals surface area contributed by atoms with Gasteiger partial charge in [0.1, 0.15) is 11.5 Å². The Morgan fingerprint density at radius 3 is 2.48 bits per heavy atom. The highest BCUT2D eigenvalue weighted by atomic mass is 16.5. The van der Waals surface area contributed by atoms with E-state index in [1.54, 1.807) is 12.1 Å². The first-order valence-electron chi connectivity index (χ1n) is 7.51. The molecule has 0 amide bonds. The van der Waals surface area contributed by atoms with Crippen LogP contribution in [0, 0.1) is 11.5 Å². The Hall–Kier alpha value is -3.00. The van der Waals surface area contributed by atoms with Gasteiger partial charge in [-0.05, 0) is 42.8 Å². The van der Waals surface area contributed by atoms with Crippen molar-refractivity contribution in [2.24, 2.45) is 4.99 Å². The molecule has 0 atom stereocenters. The lowest BCUT2D eigenvalue weighted by molar-refractivity contribution is 0.309. The summed E-state index contributed by atoms with van der Waals surface area (Å²) >= 11 is 0. The van der Waals surface area contributed by atoms with Crippen LogP contribution in [0.25, 0.3) is 0 Å². The van der Waals surface area contributed by atoms with E-state index in [0.29, 0.717) is 18.0 Å². The molecule has 2 rings (SSSR count). The van der Waals surface area contributed by atoms with Gasteiger partial charge in [-0.2, -0.15) is 10.3 Å². The smallest absolute Gasteiger partial charge is 0.309 e. The zero-order valence-corrected chi connectivity index (χ0v) is 13.0. The maximum absolute atomic E-state index is 8.82. The number of hydrogen-bond acceptors (Lipinski definition) is 4. The number of para-hydroxylation sites is 1. The summed E-state index contributed by atoms with van der Waals surface area (Å²) in [5, 5.41) is 11.3. The number of nitrogens with one attached hydrogen (secondary N) is 1. The molecule has 0 saturated heterocycles. The zero-order chi connectivity index (χ0) is 16.3. The van der Waals surface area contributed by atoms with Gasteiger partial charge in [0.25, 0.3) is 0 Å². The molecule has 118 valence electrons. The van der Waals surface area contributed by atoms with Crippen LogP contribution in [0.1, 0.15) is 19.8 Å². The van der Waals surface area contributed by atoms with Crippen LogP contribution in [-0.2, 0) is 0 Å². The quantitative estimate of drug-likeness (QED) is 0.288. The Morgan fingerprint density at radius 2 is 1.83 bits per heavy atom. The molecule has 0 aliphatic carbocycles. The number of aliphatic imine (C=N–C) groups is 1. The van der Waals surface area contributed by atoms with E-state index in [-0.39, 0.29) is 6.02 Å². The van der Waals surface area contributed by atoms with Gasteiger partial charge in [-0.25, -0.2) is 5.32 Å². The monoisotopic (exact) mass is 309 g/mol. The average molecular weight is 309 g/mol. The second-order valence-corrected chi connectivity index (χ2v) is 4.76. The molecule has 5 nitrogen and oxygen atoms in total. The number of hydrogen-bond donors (Lipinski definition) is 1. The normalized spacial score (nSPS) is 10.7. The highest BCUT2D eigenvalue weighted by Crippen LogP contribution is 2.19. The molecule has 0 aliphatic heterocycles. The molecule has 0 aliphatic rings. The van der Waals surface area contributed by atoms with Crippen molar-refractivity contribution in [2.45, 2.75) is 19.8 Å². The van der Waals surface area contributed by atoms with Crippen molar-refractivity contribution in [1.82, 2.24) is 5.32 Å². The highest BCUT2D eigenvalue weighted by molar-refractivity contribution is 5.80. The molecular formula is C18H19N3O2. The molecule has 0 radical (unpaired) electrons. The Balaban J connectivity index is 2.05. The van der Waals surface area contributed by atoms with Crippen molar-refractivity contribution in [3.8, 4) is 17.7 Å². The van der Waals surface area contributed by atoms with Crippen molar-refractivity contribution in [2.75, 3.05) is 6.61 Å². The molecule has 0 spiro atoms. The first-order valence-corrected chi connectivity index (χ1v) is 7.51. The number of unbranched alkanes of at least 4 members (excludes halogenated alkanes) is 1. The fourth-order valence-corrected chi connectivity index (χ4v) is 1.79. The summed E-state index contributed by atoms with van der Waals surface area (Å²) in [6.07, 6.45) is 3.95. The molecule has 0 heterocycles. The number of nitriles is 1. The Kier molecular flexibility index (Phi) is 6.48. The summed E-state index contributed by atoms with van der Waals surface area (Å²) in [7, 11) is 0. The van der Waals surface area contributed by atoms with Gasteiger partial charge in [0.15, 0.2) is 6.19 Å². The molecule has 0 aromatic heterocycles. The summed E-state index contributed by atoms with van der Waals surface area (Å²) in [4.78, 5) is 4.29. The average Bonchev–Trinajstić information content (AvgIpc) is 2.58. The van der Waals surface area contributed by atoms with Gasteiger partial charge in [0.2, 0.25) is 0 Å². The standard InChI is InChI=1S/C18H19N3O2/c1-2-3-13-22-16-11-9-15(10-12-16)21-18(20-14-19)23-17-7-5-4-6-8-17/h4-12H,2-3,13H2,1H3,(H,20,21). The molecule has 0 bridgehead atoms. The van der Waals surface area contributed by atoms with Crippen LogP contribution in [0.5, 0.6) is 11.5 Å². The second-order valence-electron chi connectivity index (χ2n) is 4.76. The molecule has 5 heteroatoms. The number of rotatable bonds is 6. The van der Waals surface area contributed by atoms with Crippen molar-refractivity contribution in [1.29, 1.82) is 5.26 Å². The van der Waals surface area contributed by atoms with Gasteiger partial charge in [0, 0.05) is 0 Å². The van der Waals surface area contributed by atoms with E-state index < -0.39 is 0 Å². The Morgan fingerprint density at radius 1 is 1.09 bits per heavy atom. The minimum atomic E-state index is 0.123. The van der Waals surface area contributed by atoms with Crippen LogP contribution >= 0.6 is 0 Å². The van der Waals surface area contributed by atoms with Crippen LogP contribution < -0.4 is 14.8 Å². The van der Waals surface area contributed by atoms with E-state index in [1.807, 2.05) is 48.7 Å².